The van der Waals surface area contributed by atoms with Crippen LogP contribution in [-0.4, -0.2) is 33.9 Å². The molecule has 6 nitrogen and oxygen atoms in total. The van der Waals surface area contributed by atoms with Crippen molar-refractivity contribution in [3.8, 4) is 16.9 Å². The van der Waals surface area contributed by atoms with Gasteiger partial charge in [-0.3, -0.25) is 9.89 Å². The lowest BCUT2D eigenvalue weighted by Crippen LogP contribution is -2.30. The number of ether oxygens (including phenoxy) is 1. The van der Waals surface area contributed by atoms with E-state index in [4.69, 9.17) is 9.84 Å². The highest BCUT2D eigenvalue weighted by atomic mass is 16.5. The van der Waals surface area contributed by atoms with Gasteiger partial charge in [-0.1, -0.05) is 30.3 Å². The molecule has 0 unspecified atom stereocenters. The molecule has 0 aliphatic carbocycles. The molecule has 0 saturated heterocycles. The Labute approximate surface area is 183 Å². The smallest absolute Gasteiger partial charge is 0.303 e. The van der Waals surface area contributed by atoms with E-state index in [1.807, 2.05) is 30.6 Å². The number of carbonyl (C=O) groups is 1. The van der Waals surface area contributed by atoms with Crippen LogP contribution < -0.4 is 9.64 Å². The van der Waals surface area contributed by atoms with Crippen molar-refractivity contribution in [2.45, 2.75) is 52.1 Å². The molecule has 6 heteroatoms. The Morgan fingerprint density at radius 1 is 1.06 bits per heavy atom. The molecule has 0 radical (unpaired) electrons. The number of hydrogen-bond acceptors (Lipinski definition) is 4. The highest BCUT2D eigenvalue weighted by Gasteiger charge is 2.14. The van der Waals surface area contributed by atoms with Gasteiger partial charge in [-0.05, 0) is 56.9 Å². The summed E-state index contributed by atoms with van der Waals surface area (Å²) in [4.78, 5) is 13.0. The van der Waals surface area contributed by atoms with Gasteiger partial charge in [0.15, 0.2) is 0 Å². The summed E-state index contributed by atoms with van der Waals surface area (Å²) in [6.45, 7) is 5.72. The summed E-state index contributed by atoms with van der Waals surface area (Å²) < 4.78 is 6.04. The highest BCUT2D eigenvalue weighted by Crippen LogP contribution is 2.27. The predicted octanol–water partition coefficient (Wildman–Crippen LogP) is 5.52. The van der Waals surface area contributed by atoms with Crippen LogP contribution >= 0.6 is 0 Å². The molecule has 2 N–H and O–H groups in total. The van der Waals surface area contributed by atoms with Crippen molar-refractivity contribution in [3.05, 3.63) is 66.5 Å². The predicted molar refractivity (Wildman–Crippen MR) is 123 cm³/mol. The van der Waals surface area contributed by atoms with Crippen LogP contribution in [0.3, 0.4) is 0 Å². The molecule has 0 atom stereocenters. The lowest BCUT2D eigenvalue weighted by atomic mass is 10.1. The van der Waals surface area contributed by atoms with Gasteiger partial charge < -0.3 is 14.7 Å². The zero-order valence-electron chi connectivity index (χ0n) is 18.3. The first-order valence-corrected chi connectivity index (χ1v) is 10.8. The molecular weight excluding hydrogens is 390 g/mol. The number of carboxylic acids is 1. The molecule has 3 rings (SSSR count). The van der Waals surface area contributed by atoms with Crippen molar-refractivity contribution >= 4 is 11.7 Å². The van der Waals surface area contributed by atoms with Crippen molar-refractivity contribution in [2.24, 2.45) is 0 Å². The normalized spacial score (nSPS) is 10.9. The minimum absolute atomic E-state index is 0.222. The SMILES string of the molecule is CC(C)N(Cc1ccccc1OCCCCCC(=O)O)c1ccc(-c2cn[nH]c2)cc1. The second-order valence-electron chi connectivity index (χ2n) is 7.92. The van der Waals surface area contributed by atoms with Crippen LogP contribution in [0.1, 0.15) is 45.1 Å². The molecule has 164 valence electrons. The first-order chi connectivity index (χ1) is 15.0. The Balaban J connectivity index is 1.64. The standard InChI is InChI=1S/C25H31N3O3/c1-19(2)28(23-13-11-20(12-14-23)22-16-26-27-17-22)18-21-8-5-6-9-24(21)31-15-7-3-4-10-25(29)30/h5-6,8-9,11-14,16-17,19H,3-4,7,10,15,18H2,1-2H3,(H,26,27)(H,29,30). The van der Waals surface area contributed by atoms with Gasteiger partial charge in [0.1, 0.15) is 5.75 Å². The number of benzene rings is 2. The van der Waals surface area contributed by atoms with E-state index in [-0.39, 0.29) is 6.42 Å². The van der Waals surface area contributed by atoms with Gasteiger partial charge in [0.05, 0.1) is 12.8 Å². The van der Waals surface area contributed by atoms with Crippen LogP contribution in [0, 0.1) is 0 Å². The first kappa shape index (κ1) is 22.4. The van der Waals surface area contributed by atoms with E-state index in [2.05, 4.69) is 59.3 Å². The number of unbranched alkanes of at least 4 members (excludes halogenated alkanes) is 2. The Kier molecular flexibility index (Phi) is 8.10. The third kappa shape index (κ3) is 6.60. The summed E-state index contributed by atoms with van der Waals surface area (Å²) in [7, 11) is 0. The quantitative estimate of drug-likeness (QED) is 0.377. The molecule has 0 fully saturated rings. The van der Waals surface area contributed by atoms with Crippen molar-refractivity contribution in [3.63, 3.8) is 0 Å². The Morgan fingerprint density at radius 3 is 2.52 bits per heavy atom. The van der Waals surface area contributed by atoms with E-state index in [9.17, 15) is 4.79 Å². The molecular formula is C25H31N3O3. The third-order valence-electron chi connectivity index (χ3n) is 5.26. The van der Waals surface area contributed by atoms with Crippen molar-refractivity contribution in [1.82, 2.24) is 10.2 Å². The number of carboxylic acid groups (broad SMARTS) is 1. The summed E-state index contributed by atoms with van der Waals surface area (Å²) >= 11 is 0. The van der Waals surface area contributed by atoms with E-state index >= 15 is 0 Å². The van der Waals surface area contributed by atoms with E-state index in [0.717, 1.165) is 47.5 Å². The number of para-hydroxylation sites is 1. The lowest BCUT2D eigenvalue weighted by molar-refractivity contribution is -0.137. The Morgan fingerprint density at radius 2 is 1.84 bits per heavy atom. The van der Waals surface area contributed by atoms with Gasteiger partial charge in [0.25, 0.3) is 0 Å². The lowest BCUT2D eigenvalue weighted by Gasteiger charge is -2.30. The van der Waals surface area contributed by atoms with Gasteiger partial charge >= 0.3 is 5.97 Å². The van der Waals surface area contributed by atoms with Gasteiger partial charge in [-0.2, -0.15) is 5.10 Å². The fraction of sp³-hybridized carbons (Fsp3) is 0.360. The molecule has 0 bridgehead atoms. The van der Waals surface area contributed by atoms with Gasteiger partial charge in [0.2, 0.25) is 0 Å². The van der Waals surface area contributed by atoms with E-state index in [0.29, 0.717) is 19.1 Å². The van der Waals surface area contributed by atoms with Gasteiger partial charge in [0, 0.05) is 42.0 Å². The highest BCUT2D eigenvalue weighted by molar-refractivity contribution is 5.66. The van der Waals surface area contributed by atoms with E-state index in [1.54, 1.807) is 0 Å². The first-order valence-electron chi connectivity index (χ1n) is 10.8. The molecule has 0 spiro atoms. The van der Waals surface area contributed by atoms with Gasteiger partial charge in [-0.15, -0.1) is 0 Å². The fourth-order valence-corrected chi connectivity index (χ4v) is 3.52. The average molecular weight is 422 g/mol. The number of aliphatic carboxylic acids is 1. The van der Waals surface area contributed by atoms with Crippen molar-refractivity contribution < 1.29 is 14.6 Å². The molecule has 0 aliphatic heterocycles. The Hall–Kier alpha value is -3.28. The minimum atomic E-state index is -0.738. The number of rotatable bonds is 12. The topological polar surface area (TPSA) is 78.4 Å². The summed E-state index contributed by atoms with van der Waals surface area (Å²) in [6, 6.07) is 17.0. The molecule has 1 heterocycles. The average Bonchev–Trinajstić information content (AvgIpc) is 3.30. The van der Waals surface area contributed by atoms with Crippen molar-refractivity contribution in [1.29, 1.82) is 0 Å². The zero-order chi connectivity index (χ0) is 22.1. The fourth-order valence-electron chi connectivity index (χ4n) is 3.52. The second-order valence-corrected chi connectivity index (χ2v) is 7.92. The van der Waals surface area contributed by atoms with Crippen LogP contribution in [0.4, 0.5) is 5.69 Å². The maximum Gasteiger partial charge on any atom is 0.303 e. The monoisotopic (exact) mass is 421 g/mol. The molecule has 0 saturated carbocycles. The number of H-pyrrole nitrogens is 1. The number of aromatic amines is 1. The molecule has 3 aromatic rings. The maximum atomic E-state index is 10.6. The number of anilines is 1. The third-order valence-corrected chi connectivity index (χ3v) is 5.26. The number of nitrogens with zero attached hydrogens (tertiary/aromatic N) is 2. The Bertz CT molecular complexity index is 937. The number of nitrogens with one attached hydrogen (secondary N) is 1. The molecule has 1 aromatic heterocycles. The minimum Gasteiger partial charge on any atom is -0.493 e. The molecule has 0 amide bonds. The molecule has 2 aromatic carbocycles. The van der Waals surface area contributed by atoms with Crippen LogP contribution in [0.15, 0.2) is 60.9 Å². The van der Waals surface area contributed by atoms with E-state index < -0.39 is 5.97 Å². The maximum absolute atomic E-state index is 10.6. The van der Waals surface area contributed by atoms with Crippen LogP contribution in [-0.2, 0) is 11.3 Å². The van der Waals surface area contributed by atoms with Crippen LogP contribution in [0.2, 0.25) is 0 Å². The number of aromatic nitrogens is 2. The van der Waals surface area contributed by atoms with Crippen LogP contribution in [0.25, 0.3) is 11.1 Å². The summed E-state index contributed by atoms with van der Waals surface area (Å²) in [5.41, 5.74) is 4.50. The van der Waals surface area contributed by atoms with Crippen LogP contribution in [0.5, 0.6) is 5.75 Å². The van der Waals surface area contributed by atoms with E-state index in [1.165, 1.54) is 0 Å². The summed E-state index contributed by atoms with van der Waals surface area (Å²) in [5, 5.41) is 15.6. The largest absolute Gasteiger partial charge is 0.493 e. The number of hydrogen-bond donors (Lipinski definition) is 2. The molecule has 0 aliphatic rings. The zero-order valence-corrected chi connectivity index (χ0v) is 18.3. The summed E-state index contributed by atoms with van der Waals surface area (Å²) in [6.07, 6.45) is 6.34. The summed E-state index contributed by atoms with van der Waals surface area (Å²) in [5.74, 6) is 0.152. The van der Waals surface area contributed by atoms with Crippen molar-refractivity contribution in [2.75, 3.05) is 11.5 Å². The second kappa shape index (κ2) is 11.2. The molecule has 31 heavy (non-hydrogen) atoms. The van der Waals surface area contributed by atoms with Gasteiger partial charge in [-0.25, -0.2) is 0 Å².